The first-order chi connectivity index (χ1) is 10.2. The molecule has 1 N–H and O–H groups in total. The Kier molecular flexibility index (Phi) is 8.83. The Bertz CT molecular complexity index is 401. The number of aryl methyl sites for hydroxylation is 1. The summed E-state index contributed by atoms with van der Waals surface area (Å²) in [5.74, 6) is -0.0721. The SMILES string of the molecule is CCNC(CC)c1ccn(CCCCCC(=O)OCC)c1. The summed E-state index contributed by atoms with van der Waals surface area (Å²) in [5.41, 5.74) is 1.37. The average Bonchev–Trinajstić information content (AvgIpc) is 2.93. The van der Waals surface area contributed by atoms with Gasteiger partial charge in [-0.05, 0) is 44.4 Å². The molecule has 1 aromatic rings. The number of carbonyl (C=O) groups is 1. The molecule has 0 bridgehead atoms. The van der Waals surface area contributed by atoms with Gasteiger partial charge in [0.2, 0.25) is 0 Å². The van der Waals surface area contributed by atoms with Crippen LogP contribution in [0, 0.1) is 0 Å². The number of ether oxygens (including phenoxy) is 1. The van der Waals surface area contributed by atoms with E-state index in [0.717, 1.165) is 38.8 Å². The summed E-state index contributed by atoms with van der Waals surface area (Å²) >= 11 is 0. The van der Waals surface area contributed by atoms with Crippen LogP contribution in [0.3, 0.4) is 0 Å². The summed E-state index contributed by atoms with van der Waals surface area (Å²) in [6.45, 7) is 8.69. The van der Waals surface area contributed by atoms with Crippen molar-refractivity contribution >= 4 is 5.97 Å². The number of aromatic nitrogens is 1. The van der Waals surface area contributed by atoms with Crippen LogP contribution in [0.5, 0.6) is 0 Å². The lowest BCUT2D eigenvalue weighted by molar-refractivity contribution is -0.143. The first-order valence-electron chi connectivity index (χ1n) is 8.25. The lowest BCUT2D eigenvalue weighted by atomic mass is 10.1. The Morgan fingerprint density at radius 1 is 1.29 bits per heavy atom. The van der Waals surface area contributed by atoms with E-state index in [1.165, 1.54) is 5.56 Å². The lowest BCUT2D eigenvalue weighted by Gasteiger charge is -2.13. The molecule has 0 saturated heterocycles. The molecular weight excluding hydrogens is 264 g/mol. The highest BCUT2D eigenvalue weighted by atomic mass is 16.5. The monoisotopic (exact) mass is 294 g/mol. The summed E-state index contributed by atoms with van der Waals surface area (Å²) in [7, 11) is 0. The van der Waals surface area contributed by atoms with Crippen LogP contribution in [-0.4, -0.2) is 23.7 Å². The molecule has 1 rings (SSSR count). The van der Waals surface area contributed by atoms with E-state index in [1.807, 2.05) is 6.92 Å². The van der Waals surface area contributed by atoms with E-state index in [2.05, 4.69) is 42.2 Å². The minimum atomic E-state index is -0.0721. The first-order valence-corrected chi connectivity index (χ1v) is 8.25. The maximum absolute atomic E-state index is 11.2. The van der Waals surface area contributed by atoms with E-state index in [0.29, 0.717) is 19.1 Å². The summed E-state index contributed by atoms with van der Waals surface area (Å²) in [6.07, 6.45) is 9.13. The normalized spacial score (nSPS) is 12.3. The number of unbranched alkanes of at least 4 members (excludes halogenated alkanes) is 2. The van der Waals surface area contributed by atoms with Gasteiger partial charge in [0.15, 0.2) is 0 Å². The van der Waals surface area contributed by atoms with Crippen molar-refractivity contribution in [2.24, 2.45) is 0 Å². The number of nitrogens with zero attached hydrogens (tertiary/aromatic N) is 1. The standard InChI is InChI=1S/C17H30N2O2/c1-4-16(18-5-2)15-11-13-19(14-15)12-9-7-8-10-17(20)21-6-3/h11,13-14,16,18H,4-10,12H2,1-3H3. The predicted octanol–water partition coefficient (Wildman–Crippen LogP) is 3.67. The highest BCUT2D eigenvalue weighted by Crippen LogP contribution is 2.17. The fourth-order valence-corrected chi connectivity index (χ4v) is 2.52. The first kappa shape index (κ1) is 17.8. The minimum Gasteiger partial charge on any atom is -0.466 e. The molecular formula is C17H30N2O2. The third-order valence-electron chi connectivity index (χ3n) is 3.64. The molecule has 0 radical (unpaired) electrons. The molecule has 1 heterocycles. The summed E-state index contributed by atoms with van der Waals surface area (Å²) < 4.78 is 7.17. The number of hydrogen-bond donors (Lipinski definition) is 1. The van der Waals surface area contributed by atoms with Gasteiger partial charge < -0.3 is 14.6 Å². The van der Waals surface area contributed by atoms with E-state index in [4.69, 9.17) is 4.74 Å². The molecule has 0 amide bonds. The fourth-order valence-electron chi connectivity index (χ4n) is 2.52. The van der Waals surface area contributed by atoms with Crippen molar-refractivity contribution in [3.63, 3.8) is 0 Å². The van der Waals surface area contributed by atoms with Crippen LogP contribution in [-0.2, 0) is 16.1 Å². The predicted molar refractivity (Wildman–Crippen MR) is 86.2 cm³/mol. The molecule has 0 saturated carbocycles. The molecule has 0 aromatic carbocycles. The third kappa shape index (κ3) is 6.80. The second-order valence-electron chi connectivity index (χ2n) is 5.32. The van der Waals surface area contributed by atoms with Gasteiger partial charge in [0.05, 0.1) is 6.61 Å². The molecule has 21 heavy (non-hydrogen) atoms. The zero-order chi connectivity index (χ0) is 15.5. The smallest absolute Gasteiger partial charge is 0.305 e. The third-order valence-corrected chi connectivity index (χ3v) is 3.64. The van der Waals surface area contributed by atoms with Crippen molar-refractivity contribution in [3.05, 3.63) is 24.0 Å². The number of hydrogen-bond acceptors (Lipinski definition) is 3. The van der Waals surface area contributed by atoms with Crippen molar-refractivity contribution in [2.45, 2.75) is 65.5 Å². The second-order valence-corrected chi connectivity index (χ2v) is 5.32. The molecule has 1 unspecified atom stereocenters. The maximum atomic E-state index is 11.2. The molecule has 0 aliphatic heterocycles. The van der Waals surface area contributed by atoms with Crippen LogP contribution in [0.1, 0.15) is 64.5 Å². The molecule has 0 aliphatic rings. The minimum absolute atomic E-state index is 0.0721. The van der Waals surface area contributed by atoms with Crippen molar-refractivity contribution in [3.8, 4) is 0 Å². The van der Waals surface area contributed by atoms with E-state index in [9.17, 15) is 4.79 Å². The number of carbonyl (C=O) groups excluding carboxylic acids is 1. The van der Waals surface area contributed by atoms with Crippen molar-refractivity contribution < 1.29 is 9.53 Å². The Hall–Kier alpha value is -1.29. The summed E-state index contributed by atoms with van der Waals surface area (Å²) in [5, 5.41) is 3.50. The van der Waals surface area contributed by atoms with Crippen LogP contribution in [0.15, 0.2) is 18.5 Å². The number of nitrogens with one attached hydrogen (secondary N) is 1. The van der Waals surface area contributed by atoms with Crippen molar-refractivity contribution in [1.29, 1.82) is 0 Å². The molecule has 4 nitrogen and oxygen atoms in total. The summed E-state index contributed by atoms with van der Waals surface area (Å²) in [4.78, 5) is 11.2. The van der Waals surface area contributed by atoms with Crippen LogP contribution in [0.2, 0.25) is 0 Å². The largest absolute Gasteiger partial charge is 0.466 e. The molecule has 120 valence electrons. The lowest BCUT2D eigenvalue weighted by Crippen LogP contribution is -2.19. The van der Waals surface area contributed by atoms with Crippen molar-refractivity contribution in [2.75, 3.05) is 13.2 Å². The topological polar surface area (TPSA) is 43.3 Å². The Labute approximate surface area is 128 Å². The van der Waals surface area contributed by atoms with Gasteiger partial charge in [0, 0.05) is 31.4 Å². The van der Waals surface area contributed by atoms with Gasteiger partial charge in [-0.1, -0.05) is 20.3 Å². The molecule has 0 aliphatic carbocycles. The van der Waals surface area contributed by atoms with Gasteiger partial charge in [-0.2, -0.15) is 0 Å². The number of rotatable bonds is 11. The Morgan fingerprint density at radius 2 is 2.10 bits per heavy atom. The number of esters is 1. The van der Waals surface area contributed by atoms with Gasteiger partial charge in [0.1, 0.15) is 0 Å². The highest BCUT2D eigenvalue weighted by Gasteiger charge is 2.08. The fraction of sp³-hybridized carbons (Fsp3) is 0.706. The van der Waals surface area contributed by atoms with Gasteiger partial charge >= 0.3 is 5.97 Å². The average molecular weight is 294 g/mol. The van der Waals surface area contributed by atoms with Gasteiger partial charge in [-0.25, -0.2) is 0 Å². The van der Waals surface area contributed by atoms with Crippen LogP contribution < -0.4 is 5.32 Å². The molecule has 1 atom stereocenters. The zero-order valence-corrected chi connectivity index (χ0v) is 13.7. The van der Waals surface area contributed by atoms with E-state index in [-0.39, 0.29) is 5.97 Å². The Balaban J connectivity index is 2.24. The van der Waals surface area contributed by atoms with Gasteiger partial charge in [0.25, 0.3) is 0 Å². The second kappa shape index (κ2) is 10.4. The molecule has 0 spiro atoms. The molecule has 0 fully saturated rings. The quantitative estimate of drug-likeness (QED) is 0.500. The van der Waals surface area contributed by atoms with E-state index >= 15 is 0 Å². The zero-order valence-electron chi connectivity index (χ0n) is 13.7. The highest BCUT2D eigenvalue weighted by molar-refractivity contribution is 5.69. The van der Waals surface area contributed by atoms with Crippen LogP contribution >= 0.6 is 0 Å². The van der Waals surface area contributed by atoms with Crippen LogP contribution in [0.4, 0.5) is 0 Å². The van der Waals surface area contributed by atoms with Crippen LogP contribution in [0.25, 0.3) is 0 Å². The van der Waals surface area contributed by atoms with E-state index in [1.54, 1.807) is 0 Å². The van der Waals surface area contributed by atoms with Gasteiger partial charge in [-0.3, -0.25) is 4.79 Å². The Morgan fingerprint density at radius 3 is 2.76 bits per heavy atom. The van der Waals surface area contributed by atoms with Gasteiger partial charge in [-0.15, -0.1) is 0 Å². The van der Waals surface area contributed by atoms with E-state index < -0.39 is 0 Å². The maximum Gasteiger partial charge on any atom is 0.305 e. The summed E-state index contributed by atoms with van der Waals surface area (Å²) in [6, 6.07) is 2.66. The molecule has 4 heteroatoms. The molecule has 1 aromatic heterocycles. The van der Waals surface area contributed by atoms with Crippen molar-refractivity contribution in [1.82, 2.24) is 9.88 Å².